The Labute approximate surface area is 109 Å². The normalized spacial score (nSPS) is 10.6. The van der Waals surface area contributed by atoms with Crippen LogP contribution < -0.4 is 0 Å². The monoisotopic (exact) mass is 263 g/mol. The Morgan fingerprint density at radius 3 is 2.83 bits per heavy atom. The second kappa shape index (κ2) is 5.22. The lowest BCUT2D eigenvalue weighted by molar-refractivity contribution is 0.0686. The molecule has 0 fully saturated rings. The van der Waals surface area contributed by atoms with Crippen molar-refractivity contribution < 1.29 is 9.90 Å². The molecule has 2 N–H and O–H groups in total. The first-order valence-corrected chi connectivity index (χ1v) is 6.39. The fraction of sp³-hybridized carbons (Fsp3) is 0.250. The van der Waals surface area contributed by atoms with Crippen LogP contribution in [0.1, 0.15) is 27.2 Å². The van der Waals surface area contributed by atoms with Gasteiger partial charge >= 0.3 is 5.97 Å². The van der Waals surface area contributed by atoms with E-state index in [4.69, 9.17) is 5.11 Å². The minimum atomic E-state index is -1.06. The summed E-state index contributed by atoms with van der Waals surface area (Å²) in [6.07, 6.45) is 0. The van der Waals surface area contributed by atoms with E-state index >= 15 is 0 Å². The summed E-state index contributed by atoms with van der Waals surface area (Å²) in [4.78, 5) is 10.9. The molecule has 0 aliphatic heterocycles. The standard InChI is InChI=1S/C12H13N3O2S/c1-7-3-4-9(8(2)5-7)6-18-11-10(12(16)17)13-15-14-11/h3-5H,6H2,1-2H3,(H,16,17)(H,13,14,15). The van der Waals surface area contributed by atoms with Gasteiger partial charge in [-0.05, 0) is 25.0 Å². The van der Waals surface area contributed by atoms with Gasteiger partial charge in [-0.25, -0.2) is 4.79 Å². The van der Waals surface area contributed by atoms with Gasteiger partial charge in [0, 0.05) is 5.75 Å². The quantitative estimate of drug-likeness (QED) is 0.828. The molecule has 1 aromatic carbocycles. The number of thioether (sulfide) groups is 1. The molecule has 0 bridgehead atoms. The number of carboxylic acid groups (broad SMARTS) is 1. The zero-order valence-corrected chi connectivity index (χ0v) is 10.9. The van der Waals surface area contributed by atoms with Gasteiger partial charge in [0.1, 0.15) is 0 Å². The highest BCUT2D eigenvalue weighted by atomic mass is 32.2. The number of carbonyl (C=O) groups is 1. The molecule has 6 heteroatoms. The Balaban J connectivity index is 2.11. The van der Waals surface area contributed by atoms with Crippen LogP contribution >= 0.6 is 11.8 Å². The molecule has 0 spiro atoms. The molecule has 1 aromatic heterocycles. The minimum Gasteiger partial charge on any atom is -0.476 e. The number of hydrogen-bond acceptors (Lipinski definition) is 4. The van der Waals surface area contributed by atoms with E-state index in [0.29, 0.717) is 10.8 Å². The molecule has 0 saturated carbocycles. The average molecular weight is 263 g/mol. The van der Waals surface area contributed by atoms with Crippen LogP contribution in [0.3, 0.4) is 0 Å². The lowest BCUT2D eigenvalue weighted by Crippen LogP contribution is -1.99. The van der Waals surface area contributed by atoms with Crippen molar-refractivity contribution >= 4 is 17.7 Å². The number of aromatic nitrogens is 3. The van der Waals surface area contributed by atoms with Crippen molar-refractivity contribution in [2.24, 2.45) is 0 Å². The Kier molecular flexibility index (Phi) is 3.66. The van der Waals surface area contributed by atoms with Crippen molar-refractivity contribution in [2.45, 2.75) is 24.6 Å². The van der Waals surface area contributed by atoms with Crippen molar-refractivity contribution in [1.82, 2.24) is 15.4 Å². The van der Waals surface area contributed by atoms with Gasteiger partial charge in [-0.15, -0.1) is 10.2 Å². The van der Waals surface area contributed by atoms with Gasteiger partial charge in [0.25, 0.3) is 0 Å². The Morgan fingerprint density at radius 1 is 1.39 bits per heavy atom. The zero-order valence-electron chi connectivity index (χ0n) is 10.1. The fourth-order valence-corrected chi connectivity index (χ4v) is 2.61. The third-order valence-electron chi connectivity index (χ3n) is 2.58. The third-order valence-corrected chi connectivity index (χ3v) is 3.59. The van der Waals surface area contributed by atoms with E-state index in [1.807, 2.05) is 19.9 Å². The predicted octanol–water partition coefficient (Wildman–Crippen LogP) is 2.41. The lowest BCUT2D eigenvalue weighted by Gasteiger charge is -2.05. The molecular formula is C12H13N3O2S. The second-order valence-electron chi connectivity index (χ2n) is 4.00. The Bertz CT molecular complexity index is 580. The highest BCUT2D eigenvalue weighted by molar-refractivity contribution is 7.98. The van der Waals surface area contributed by atoms with E-state index in [-0.39, 0.29) is 5.69 Å². The number of nitrogens with zero attached hydrogens (tertiary/aromatic N) is 2. The number of rotatable bonds is 4. The fourth-order valence-electron chi connectivity index (χ4n) is 1.61. The number of aromatic carboxylic acids is 1. The van der Waals surface area contributed by atoms with E-state index in [1.54, 1.807) is 0 Å². The maximum absolute atomic E-state index is 10.9. The molecule has 0 aliphatic rings. The summed E-state index contributed by atoms with van der Waals surface area (Å²) < 4.78 is 0. The summed E-state index contributed by atoms with van der Waals surface area (Å²) in [7, 11) is 0. The summed E-state index contributed by atoms with van der Waals surface area (Å²) in [5.74, 6) is -0.384. The first-order chi connectivity index (χ1) is 8.58. The minimum absolute atomic E-state index is 0.0234. The van der Waals surface area contributed by atoms with E-state index in [1.165, 1.54) is 28.5 Å². The molecule has 0 unspecified atom stereocenters. The van der Waals surface area contributed by atoms with Gasteiger partial charge in [0.2, 0.25) is 5.69 Å². The number of carboxylic acids is 1. The van der Waals surface area contributed by atoms with E-state index in [2.05, 4.69) is 27.5 Å². The third kappa shape index (κ3) is 2.70. The Hall–Kier alpha value is -1.82. The van der Waals surface area contributed by atoms with Crippen LogP contribution in [-0.4, -0.2) is 26.5 Å². The molecule has 0 radical (unpaired) electrons. The van der Waals surface area contributed by atoms with Crippen molar-refractivity contribution in [3.8, 4) is 0 Å². The molecule has 0 amide bonds. The van der Waals surface area contributed by atoms with Gasteiger partial charge < -0.3 is 5.11 Å². The summed E-state index contributed by atoms with van der Waals surface area (Å²) in [5.41, 5.74) is 3.56. The van der Waals surface area contributed by atoms with Crippen LogP contribution in [0.25, 0.3) is 0 Å². The molecule has 0 atom stereocenters. The maximum Gasteiger partial charge on any atom is 0.359 e. The maximum atomic E-state index is 10.9. The molecule has 2 rings (SSSR count). The van der Waals surface area contributed by atoms with E-state index in [9.17, 15) is 4.79 Å². The van der Waals surface area contributed by atoms with Crippen LogP contribution in [0.2, 0.25) is 0 Å². The van der Waals surface area contributed by atoms with Crippen molar-refractivity contribution in [3.05, 3.63) is 40.6 Å². The molecule has 5 nitrogen and oxygen atoms in total. The molecule has 18 heavy (non-hydrogen) atoms. The largest absolute Gasteiger partial charge is 0.476 e. The van der Waals surface area contributed by atoms with E-state index in [0.717, 1.165) is 0 Å². The summed E-state index contributed by atoms with van der Waals surface area (Å²) in [6, 6.07) is 6.21. The second-order valence-corrected chi connectivity index (χ2v) is 4.97. The van der Waals surface area contributed by atoms with Gasteiger partial charge in [0.15, 0.2) is 5.03 Å². The smallest absolute Gasteiger partial charge is 0.359 e. The number of benzene rings is 1. The SMILES string of the molecule is Cc1ccc(CSc2n[nH]nc2C(=O)O)c(C)c1. The number of nitrogens with one attached hydrogen (secondary N) is 1. The lowest BCUT2D eigenvalue weighted by atomic mass is 10.1. The van der Waals surface area contributed by atoms with Gasteiger partial charge in [-0.1, -0.05) is 35.5 Å². The Morgan fingerprint density at radius 2 is 2.17 bits per heavy atom. The van der Waals surface area contributed by atoms with E-state index < -0.39 is 5.97 Å². The number of aryl methyl sites for hydroxylation is 2. The van der Waals surface area contributed by atoms with Gasteiger partial charge in [0.05, 0.1) is 0 Å². The average Bonchev–Trinajstić information content (AvgIpc) is 2.76. The first-order valence-electron chi connectivity index (χ1n) is 5.41. The zero-order chi connectivity index (χ0) is 13.1. The van der Waals surface area contributed by atoms with Crippen LogP contribution in [0, 0.1) is 13.8 Å². The first kappa shape index (κ1) is 12.6. The van der Waals surface area contributed by atoms with Gasteiger partial charge in [-0.3, -0.25) is 0 Å². The molecule has 1 heterocycles. The number of aromatic amines is 1. The van der Waals surface area contributed by atoms with Crippen LogP contribution in [0.5, 0.6) is 0 Å². The molecule has 2 aromatic rings. The molecule has 0 aliphatic carbocycles. The summed E-state index contributed by atoms with van der Waals surface area (Å²) >= 11 is 1.37. The predicted molar refractivity (Wildman–Crippen MR) is 68.8 cm³/mol. The highest BCUT2D eigenvalue weighted by Gasteiger charge is 2.15. The topological polar surface area (TPSA) is 78.9 Å². The van der Waals surface area contributed by atoms with Crippen molar-refractivity contribution in [1.29, 1.82) is 0 Å². The molecular weight excluding hydrogens is 250 g/mol. The molecule has 94 valence electrons. The van der Waals surface area contributed by atoms with Crippen LogP contribution in [0.4, 0.5) is 0 Å². The van der Waals surface area contributed by atoms with Crippen LogP contribution in [-0.2, 0) is 5.75 Å². The highest BCUT2D eigenvalue weighted by Crippen LogP contribution is 2.24. The summed E-state index contributed by atoms with van der Waals surface area (Å²) in [6.45, 7) is 4.09. The number of H-pyrrole nitrogens is 1. The molecule has 0 saturated heterocycles. The van der Waals surface area contributed by atoms with Crippen molar-refractivity contribution in [3.63, 3.8) is 0 Å². The number of hydrogen-bond donors (Lipinski definition) is 2. The van der Waals surface area contributed by atoms with Gasteiger partial charge in [-0.2, -0.15) is 5.21 Å². The van der Waals surface area contributed by atoms with Crippen molar-refractivity contribution in [2.75, 3.05) is 0 Å². The summed E-state index contributed by atoms with van der Waals surface area (Å²) in [5, 5.41) is 19.1. The van der Waals surface area contributed by atoms with Crippen LogP contribution in [0.15, 0.2) is 23.2 Å².